The van der Waals surface area contributed by atoms with Gasteiger partial charge in [0.1, 0.15) is 5.84 Å². The standard InChI is InChI=1S/C10H15BrN4O/c1-7(5-10(12)14-16)15(2)9-3-4-13-6-8(9)11/h3-4,6-7,16H,5H2,1-2H3,(H2,12,14). The van der Waals surface area contributed by atoms with Crippen LogP contribution >= 0.6 is 15.9 Å². The molecule has 1 unspecified atom stereocenters. The van der Waals surface area contributed by atoms with Crippen molar-refractivity contribution in [2.24, 2.45) is 10.9 Å². The van der Waals surface area contributed by atoms with Gasteiger partial charge in [0.15, 0.2) is 0 Å². The van der Waals surface area contributed by atoms with E-state index < -0.39 is 0 Å². The molecule has 6 heteroatoms. The number of hydrogen-bond acceptors (Lipinski definition) is 4. The highest BCUT2D eigenvalue weighted by Crippen LogP contribution is 2.25. The van der Waals surface area contributed by atoms with E-state index in [4.69, 9.17) is 10.9 Å². The van der Waals surface area contributed by atoms with Crippen molar-refractivity contribution in [3.63, 3.8) is 0 Å². The fraction of sp³-hybridized carbons (Fsp3) is 0.400. The summed E-state index contributed by atoms with van der Waals surface area (Å²) >= 11 is 3.43. The third-order valence-corrected chi connectivity index (χ3v) is 3.04. The van der Waals surface area contributed by atoms with E-state index in [-0.39, 0.29) is 11.9 Å². The van der Waals surface area contributed by atoms with E-state index >= 15 is 0 Å². The molecule has 0 amide bonds. The van der Waals surface area contributed by atoms with E-state index in [9.17, 15) is 0 Å². The number of anilines is 1. The Hall–Kier alpha value is -1.30. The van der Waals surface area contributed by atoms with Crippen molar-refractivity contribution in [1.29, 1.82) is 0 Å². The maximum Gasteiger partial charge on any atom is 0.141 e. The molecular formula is C10H15BrN4O. The van der Waals surface area contributed by atoms with Crippen LogP contribution in [-0.4, -0.2) is 29.1 Å². The Balaban J connectivity index is 2.78. The zero-order valence-electron chi connectivity index (χ0n) is 9.26. The van der Waals surface area contributed by atoms with Gasteiger partial charge in [0.25, 0.3) is 0 Å². The summed E-state index contributed by atoms with van der Waals surface area (Å²) in [6, 6.07) is 2.04. The maximum absolute atomic E-state index is 8.52. The Bertz CT molecular complexity index is 383. The second-order valence-corrected chi connectivity index (χ2v) is 4.44. The van der Waals surface area contributed by atoms with E-state index in [2.05, 4.69) is 26.1 Å². The lowest BCUT2D eigenvalue weighted by atomic mass is 10.2. The molecule has 0 fully saturated rings. The minimum atomic E-state index is 0.134. The average Bonchev–Trinajstić information content (AvgIpc) is 2.28. The van der Waals surface area contributed by atoms with Gasteiger partial charge in [0, 0.05) is 31.9 Å². The molecular weight excluding hydrogens is 272 g/mol. The van der Waals surface area contributed by atoms with Gasteiger partial charge in [-0.15, -0.1) is 0 Å². The molecule has 0 radical (unpaired) electrons. The van der Waals surface area contributed by atoms with Crippen LogP contribution in [0.25, 0.3) is 0 Å². The number of amidine groups is 1. The predicted octanol–water partition coefficient (Wildman–Crippen LogP) is 1.81. The number of rotatable bonds is 4. The lowest BCUT2D eigenvalue weighted by Gasteiger charge is -2.27. The Kier molecular flexibility index (Phi) is 4.54. The average molecular weight is 287 g/mol. The number of aromatic nitrogens is 1. The first kappa shape index (κ1) is 12.8. The van der Waals surface area contributed by atoms with Crippen LogP contribution in [0.1, 0.15) is 13.3 Å². The molecule has 0 saturated heterocycles. The molecule has 0 bridgehead atoms. The van der Waals surface area contributed by atoms with Gasteiger partial charge < -0.3 is 15.8 Å². The zero-order chi connectivity index (χ0) is 12.1. The van der Waals surface area contributed by atoms with Crippen LogP contribution in [0.2, 0.25) is 0 Å². The van der Waals surface area contributed by atoms with Crippen LogP contribution in [0.4, 0.5) is 5.69 Å². The van der Waals surface area contributed by atoms with Gasteiger partial charge in [0.2, 0.25) is 0 Å². The number of nitrogens with two attached hydrogens (primary N) is 1. The molecule has 0 aliphatic rings. The number of halogens is 1. The molecule has 0 saturated carbocycles. The molecule has 16 heavy (non-hydrogen) atoms. The lowest BCUT2D eigenvalue weighted by Crippen LogP contribution is -2.33. The molecule has 3 N–H and O–H groups in total. The number of nitrogens with zero attached hydrogens (tertiary/aromatic N) is 3. The normalized spacial score (nSPS) is 13.6. The van der Waals surface area contributed by atoms with E-state index in [1.54, 1.807) is 12.4 Å². The van der Waals surface area contributed by atoms with Gasteiger partial charge in [-0.05, 0) is 28.9 Å². The molecule has 1 aromatic heterocycles. The van der Waals surface area contributed by atoms with Crippen molar-refractivity contribution in [3.8, 4) is 0 Å². The largest absolute Gasteiger partial charge is 0.409 e. The molecule has 1 aromatic rings. The fourth-order valence-electron chi connectivity index (χ4n) is 1.37. The molecule has 5 nitrogen and oxygen atoms in total. The highest BCUT2D eigenvalue weighted by Gasteiger charge is 2.14. The molecule has 0 spiro atoms. The van der Waals surface area contributed by atoms with Crippen LogP contribution in [0.5, 0.6) is 0 Å². The third kappa shape index (κ3) is 3.10. The van der Waals surface area contributed by atoms with Gasteiger partial charge in [-0.2, -0.15) is 0 Å². The second-order valence-electron chi connectivity index (χ2n) is 3.58. The summed E-state index contributed by atoms with van der Waals surface area (Å²) in [5.41, 5.74) is 6.50. The first-order valence-corrected chi connectivity index (χ1v) is 5.64. The molecule has 1 heterocycles. The van der Waals surface area contributed by atoms with Crippen molar-refractivity contribution in [3.05, 3.63) is 22.9 Å². The van der Waals surface area contributed by atoms with Crippen molar-refractivity contribution in [1.82, 2.24) is 4.98 Å². The van der Waals surface area contributed by atoms with Crippen LogP contribution in [0, 0.1) is 0 Å². The first-order valence-electron chi connectivity index (χ1n) is 4.85. The van der Waals surface area contributed by atoms with Crippen LogP contribution in [-0.2, 0) is 0 Å². The third-order valence-electron chi connectivity index (χ3n) is 2.43. The first-order chi connectivity index (χ1) is 7.56. The Morgan fingerprint density at radius 3 is 3.00 bits per heavy atom. The lowest BCUT2D eigenvalue weighted by molar-refractivity contribution is 0.316. The Morgan fingerprint density at radius 1 is 1.75 bits per heavy atom. The van der Waals surface area contributed by atoms with E-state index in [0.717, 1.165) is 10.2 Å². The van der Waals surface area contributed by atoms with E-state index in [0.29, 0.717) is 6.42 Å². The monoisotopic (exact) mass is 286 g/mol. The predicted molar refractivity (Wildman–Crippen MR) is 67.8 cm³/mol. The van der Waals surface area contributed by atoms with Crippen LogP contribution < -0.4 is 10.6 Å². The number of oxime groups is 1. The van der Waals surface area contributed by atoms with Crippen molar-refractivity contribution >= 4 is 27.5 Å². The summed E-state index contributed by atoms with van der Waals surface area (Å²) < 4.78 is 0.920. The SMILES string of the molecule is CC(C/C(N)=N/O)N(C)c1ccncc1Br. The highest BCUT2D eigenvalue weighted by atomic mass is 79.9. The zero-order valence-corrected chi connectivity index (χ0v) is 10.8. The molecule has 0 aromatic carbocycles. The van der Waals surface area contributed by atoms with Gasteiger partial charge in [0.05, 0.1) is 10.2 Å². The summed E-state index contributed by atoms with van der Waals surface area (Å²) in [6.45, 7) is 2.00. The minimum Gasteiger partial charge on any atom is -0.409 e. The van der Waals surface area contributed by atoms with Crippen molar-refractivity contribution < 1.29 is 5.21 Å². The van der Waals surface area contributed by atoms with Crippen molar-refractivity contribution in [2.45, 2.75) is 19.4 Å². The summed E-state index contributed by atoms with van der Waals surface area (Å²) in [7, 11) is 1.95. The summed E-state index contributed by atoms with van der Waals surface area (Å²) in [5, 5.41) is 11.5. The number of hydrogen-bond donors (Lipinski definition) is 2. The quantitative estimate of drug-likeness (QED) is 0.383. The summed E-state index contributed by atoms with van der Waals surface area (Å²) in [4.78, 5) is 6.05. The van der Waals surface area contributed by atoms with Crippen LogP contribution in [0.15, 0.2) is 28.1 Å². The Labute approximate surface area is 103 Å². The fourth-order valence-corrected chi connectivity index (χ4v) is 1.90. The maximum atomic E-state index is 8.52. The highest BCUT2D eigenvalue weighted by molar-refractivity contribution is 9.10. The topological polar surface area (TPSA) is 74.7 Å². The number of pyridine rings is 1. The Morgan fingerprint density at radius 2 is 2.44 bits per heavy atom. The van der Waals surface area contributed by atoms with Gasteiger partial charge in [-0.3, -0.25) is 4.98 Å². The van der Waals surface area contributed by atoms with Gasteiger partial charge in [-0.25, -0.2) is 0 Å². The molecule has 1 atom stereocenters. The second kappa shape index (κ2) is 5.69. The molecule has 0 aliphatic heterocycles. The van der Waals surface area contributed by atoms with Gasteiger partial charge >= 0.3 is 0 Å². The molecule has 0 aliphatic carbocycles. The smallest absolute Gasteiger partial charge is 0.141 e. The van der Waals surface area contributed by atoms with Gasteiger partial charge in [-0.1, -0.05) is 5.16 Å². The van der Waals surface area contributed by atoms with Crippen LogP contribution in [0.3, 0.4) is 0 Å². The molecule has 88 valence electrons. The molecule has 1 rings (SSSR count). The summed E-state index contributed by atoms with van der Waals surface area (Å²) in [5.74, 6) is 0.226. The van der Waals surface area contributed by atoms with E-state index in [1.165, 1.54) is 0 Å². The van der Waals surface area contributed by atoms with E-state index in [1.807, 2.05) is 24.9 Å². The summed E-state index contributed by atoms with van der Waals surface area (Å²) in [6.07, 6.45) is 3.97. The minimum absolute atomic E-state index is 0.134. The van der Waals surface area contributed by atoms with Crippen molar-refractivity contribution in [2.75, 3.05) is 11.9 Å².